The number of nitrogens with zero attached hydrogens (tertiary/aromatic N) is 7. The minimum atomic E-state index is -1.12. The number of piperidine rings is 1. The number of aromatic hydroxyl groups is 1. The average molecular weight is 1070 g/mol. The summed E-state index contributed by atoms with van der Waals surface area (Å²) in [4.78, 5) is 98.0. The van der Waals surface area contributed by atoms with Crippen molar-refractivity contribution in [2.75, 3.05) is 56.7 Å². The molecule has 2 bridgehead atoms. The lowest BCUT2D eigenvalue weighted by Crippen LogP contribution is -2.54. The van der Waals surface area contributed by atoms with Crippen LogP contribution < -0.4 is 25.6 Å². The summed E-state index contributed by atoms with van der Waals surface area (Å²) in [6.07, 6.45) is 13.7. The summed E-state index contributed by atoms with van der Waals surface area (Å²) >= 11 is 0. The molecule has 6 aliphatic heterocycles. The van der Waals surface area contributed by atoms with E-state index < -0.39 is 52.9 Å². The Balaban J connectivity index is 0.696. The first-order valence-electron chi connectivity index (χ1n) is 26.5. The highest BCUT2D eigenvalue weighted by molar-refractivity contribution is 6.26. The van der Waals surface area contributed by atoms with Gasteiger partial charge in [-0.1, -0.05) is 43.0 Å². The maximum atomic E-state index is 17.3. The van der Waals surface area contributed by atoms with Crippen molar-refractivity contribution in [3.8, 4) is 35.4 Å². The van der Waals surface area contributed by atoms with Gasteiger partial charge in [-0.25, -0.2) is 13.6 Å². The SMILES string of the molecule is C#Cc1c(F)ccc2cc(O)cc(-c3ncc4c(N5CC6CCC(C5)N6)nc(OCC56CCC(COC(=O)N(C)CCCCCCC(=O)Nc7cccc8c7C(=O)N(C7CCC(=O)NC7=O)C8=O)N5CC(=C)C6)nc4c3F)c12. The minimum absolute atomic E-state index is 0.00389. The van der Waals surface area contributed by atoms with Gasteiger partial charge in [-0.15, -0.1) is 6.42 Å². The molecule has 78 heavy (non-hydrogen) atoms. The Morgan fingerprint density at radius 1 is 1.00 bits per heavy atom. The Kier molecular flexibility index (Phi) is 14.0. The molecule has 404 valence electrons. The molecule has 6 aliphatic rings. The molecule has 2 aromatic heterocycles. The molecule has 21 heteroatoms. The molecule has 11 rings (SSSR count). The standard InChI is InChI=1S/C57H58F2N10O9/c1-4-37-41(58)16-13-32-22-36(70)23-39(46(32)37)49-48(59)50-40(25-60-49)51(67-27-33-14-15-34(28-67)61-33)65-55(64-50)78-30-57-20-19-35(68(57)26-31(2)24-57)29-77-56(76)66(3)21-8-6-5-7-12-44(71)62-42-11-9-10-38-47(42)54(75)69(53(38)74)43-17-18-45(72)63-52(43)73/h1,9-11,13,16,22-23,25,33-35,43,61,70H,2,5-8,12,14-15,17-21,24,26-30H2,3H3,(H,62,71)(H,63,72,73). The van der Waals surface area contributed by atoms with Crippen molar-refractivity contribution in [1.29, 1.82) is 0 Å². The molecule has 0 spiro atoms. The normalized spacial score (nSPS) is 22.7. The highest BCUT2D eigenvalue weighted by atomic mass is 19.1. The highest BCUT2D eigenvalue weighted by Crippen LogP contribution is 2.45. The lowest BCUT2D eigenvalue weighted by atomic mass is 9.94. The number of nitrogens with one attached hydrogen (secondary N) is 3. The number of halogens is 2. The third-order valence-electron chi connectivity index (χ3n) is 16.1. The molecule has 5 fully saturated rings. The summed E-state index contributed by atoms with van der Waals surface area (Å²) in [7, 11) is 1.68. The fourth-order valence-electron chi connectivity index (χ4n) is 12.4. The smallest absolute Gasteiger partial charge is 0.409 e. The van der Waals surface area contributed by atoms with Crippen LogP contribution in [0.15, 0.2) is 60.8 Å². The number of ether oxygens (including phenoxy) is 2. The molecular weight excluding hydrogens is 1010 g/mol. The second-order valence-corrected chi connectivity index (χ2v) is 21.4. The third kappa shape index (κ3) is 9.71. The number of terminal acetylenes is 1. The first-order valence-corrected chi connectivity index (χ1v) is 26.5. The van der Waals surface area contributed by atoms with E-state index in [4.69, 9.17) is 20.9 Å². The van der Waals surface area contributed by atoms with Gasteiger partial charge in [-0.3, -0.25) is 44.1 Å². The van der Waals surface area contributed by atoms with Crippen LogP contribution in [0.3, 0.4) is 0 Å². The summed E-state index contributed by atoms with van der Waals surface area (Å²) in [5.41, 5.74) is 0.546. The van der Waals surface area contributed by atoms with Gasteiger partial charge < -0.3 is 35.0 Å². The molecule has 3 aromatic carbocycles. The number of hydrogen-bond donors (Lipinski definition) is 4. The Bertz CT molecular complexity index is 3390. The first-order chi connectivity index (χ1) is 37.6. The van der Waals surface area contributed by atoms with Crippen molar-refractivity contribution in [3.05, 3.63) is 89.1 Å². The lowest BCUT2D eigenvalue weighted by Gasteiger charge is -2.35. The number of fused-ring (bicyclic) bond motifs is 6. The van der Waals surface area contributed by atoms with E-state index in [0.29, 0.717) is 74.9 Å². The summed E-state index contributed by atoms with van der Waals surface area (Å²) in [5, 5.41) is 20.3. The van der Waals surface area contributed by atoms with E-state index in [1.165, 1.54) is 47.5 Å². The number of aromatic nitrogens is 3. The van der Waals surface area contributed by atoms with Crippen molar-refractivity contribution < 1.29 is 52.1 Å². The van der Waals surface area contributed by atoms with Crippen molar-refractivity contribution in [3.63, 3.8) is 0 Å². The second-order valence-electron chi connectivity index (χ2n) is 21.4. The van der Waals surface area contributed by atoms with E-state index in [1.54, 1.807) is 13.1 Å². The maximum Gasteiger partial charge on any atom is 0.409 e. The number of carbonyl (C=O) groups is 6. The molecule has 0 saturated carbocycles. The van der Waals surface area contributed by atoms with Crippen molar-refractivity contribution >= 4 is 68.8 Å². The van der Waals surface area contributed by atoms with Crippen LogP contribution in [-0.4, -0.2) is 147 Å². The van der Waals surface area contributed by atoms with Crippen LogP contribution in [0, 0.1) is 24.0 Å². The fourth-order valence-corrected chi connectivity index (χ4v) is 12.4. The highest BCUT2D eigenvalue weighted by Gasteiger charge is 2.52. The summed E-state index contributed by atoms with van der Waals surface area (Å²) in [5.74, 6) is -1.68. The number of benzene rings is 3. The molecule has 4 N–H and O–H groups in total. The predicted molar refractivity (Wildman–Crippen MR) is 282 cm³/mol. The van der Waals surface area contributed by atoms with E-state index in [0.717, 1.165) is 36.2 Å². The van der Waals surface area contributed by atoms with Crippen LogP contribution in [-0.2, 0) is 19.1 Å². The minimum Gasteiger partial charge on any atom is -0.508 e. The number of amides is 6. The van der Waals surface area contributed by atoms with Gasteiger partial charge in [0.2, 0.25) is 17.7 Å². The zero-order valence-corrected chi connectivity index (χ0v) is 43.0. The van der Waals surface area contributed by atoms with Crippen LogP contribution >= 0.6 is 0 Å². The largest absolute Gasteiger partial charge is 0.508 e. The monoisotopic (exact) mass is 1060 g/mol. The lowest BCUT2D eigenvalue weighted by molar-refractivity contribution is -0.136. The van der Waals surface area contributed by atoms with Crippen molar-refractivity contribution in [2.45, 2.75) is 107 Å². The Morgan fingerprint density at radius 3 is 2.58 bits per heavy atom. The van der Waals surface area contributed by atoms with Crippen LogP contribution in [0.2, 0.25) is 0 Å². The van der Waals surface area contributed by atoms with Gasteiger partial charge in [0, 0.05) is 81.3 Å². The topological polar surface area (TPSA) is 229 Å². The first kappa shape index (κ1) is 52.0. The molecule has 5 atom stereocenters. The quantitative estimate of drug-likeness (QED) is 0.0365. The fraction of sp³-hybridized carbons (Fsp3) is 0.421. The molecule has 0 radical (unpaired) electrons. The number of unbranched alkanes of at least 4 members (excludes halogenated alkanes) is 3. The second kappa shape index (κ2) is 21.0. The Labute approximate surface area is 447 Å². The number of phenols is 1. The molecule has 5 saturated heterocycles. The predicted octanol–water partition coefficient (Wildman–Crippen LogP) is 6.35. The molecule has 6 amide bonds. The Hall–Kier alpha value is -8.09. The van der Waals surface area contributed by atoms with Crippen molar-refractivity contribution in [2.24, 2.45) is 0 Å². The number of carbonyl (C=O) groups excluding carboxylic acids is 6. The molecule has 5 aromatic rings. The van der Waals surface area contributed by atoms with E-state index in [2.05, 4.69) is 48.2 Å². The van der Waals surface area contributed by atoms with E-state index >= 15 is 8.78 Å². The molecular formula is C57H58F2N10O9. The Morgan fingerprint density at radius 2 is 1.79 bits per heavy atom. The van der Waals surface area contributed by atoms with Gasteiger partial charge in [0.05, 0.1) is 33.3 Å². The number of pyridine rings is 1. The van der Waals surface area contributed by atoms with Gasteiger partial charge in [-0.05, 0) is 87.1 Å². The molecule has 0 aliphatic carbocycles. The third-order valence-corrected chi connectivity index (χ3v) is 16.1. The van der Waals surface area contributed by atoms with Crippen LogP contribution in [0.5, 0.6) is 11.8 Å². The van der Waals surface area contributed by atoms with Gasteiger partial charge >= 0.3 is 12.1 Å². The van der Waals surface area contributed by atoms with Crippen LogP contribution in [0.1, 0.15) is 103 Å². The van der Waals surface area contributed by atoms with Gasteiger partial charge in [0.1, 0.15) is 47.9 Å². The summed E-state index contributed by atoms with van der Waals surface area (Å²) in [6.45, 7) is 6.88. The van der Waals surface area contributed by atoms with E-state index in [-0.39, 0.29) is 113 Å². The van der Waals surface area contributed by atoms with Gasteiger partial charge in [-0.2, -0.15) is 9.97 Å². The van der Waals surface area contributed by atoms with Crippen LogP contribution in [0.25, 0.3) is 32.9 Å². The number of hydrogen-bond acceptors (Lipinski definition) is 15. The van der Waals surface area contributed by atoms with Crippen molar-refractivity contribution in [1.82, 2.24) is 40.3 Å². The number of imide groups is 2. The zero-order chi connectivity index (χ0) is 54.6. The molecule has 19 nitrogen and oxygen atoms in total. The summed E-state index contributed by atoms with van der Waals surface area (Å²) < 4.78 is 44.8. The molecule has 8 heterocycles. The zero-order valence-electron chi connectivity index (χ0n) is 43.0. The van der Waals surface area contributed by atoms with Crippen LogP contribution in [0.4, 0.5) is 25.1 Å². The van der Waals surface area contributed by atoms with Gasteiger partial charge in [0.15, 0.2) is 5.82 Å². The number of phenolic OH excluding ortho intramolecular Hbond substituents is 1. The maximum absolute atomic E-state index is 17.3. The molecule has 5 unspecified atom stereocenters. The number of anilines is 2. The summed E-state index contributed by atoms with van der Waals surface area (Å²) in [6, 6.07) is 9.15. The number of piperazine rings is 1. The average Bonchev–Trinajstić information content (AvgIpc) is 4.12. The van der Waals surface area contributed by atoms with E-state index in [1.807, 2.05) is 0 Å². The van der Waals surface area contributed by atoms with Gasteiger partial charge in [0.25, 0.3) is 11.8 Å². The van der Waals surface area contributed by atoms with E-state index in [9.17, 15) is 33.9 Å². The number of rotatable bonds is 16.